The van der Waals surface area contributed by atoms with Crippen LogP contribution in [-0.2, 0) is 0 Å². The molecule has 21 heavy (non-hydrogen) atoms. The number of aliphatic hydroxyl groups excluding tert-OH is 1. The molecule has 1 atom stereocenters. The zero-order chi connectivity index (χ0) is 15.6. The zero-order valence-electron chi connectivity index (χ0n) is 10.4. The van der Waals surface area contributed by atoms with E-state index < -0.39 is 29.9 Å². The minimum Gasteiger partial charge on any atom is -0.405 e. The quantitative estimate of drug-likeness (QED) is 0.870. The lowest BCUT2D eigenvalue weighted by Gasteiger charge is -2.17. The molecule has 1 unspecified atom stereocenters. The van der Waals surface area contributed by atoms with Crippen LogP contribution >= 0.6 is 0 Å². The van der Waals surface area contributed by atoms with Gasteiger partial charge in [-0.1, -0.05) is 24.3 Å². The van der Waals surface area contributed by atoms with E-state index in [2.05, 4.69) is 4.74 Å². The summed E-state index contributed by atoms with van der Waals surface area (Å²) in [5.41, 5.74) is -0.630. The SMILES string of the molecule is OC(c1ccc(F)cc1F)c1ccccc1OC(F)(F)F. The van der Waals surface area contributed by atoms with E-state index in [4.69, 9.17) is 0 Å². The molecular weight excluding hydrogens is 295 g/mol. The maximum atomic E-state index is 13.6. The molecule has 0 heterocycles. The first-order chi connectivity index (χ1) is 9.78. The van der Waals surface area contributed by atoms with E-state index in [1.165, 1.54) is 12.1 Å². The number of alkyl halides is 3. The Bertz CT molecular complexity index is 640. The van der Waals surface area contributed by atoms with Crippen molar-refractivity contribution in [3.63, 3.8) is 0 Å². The number of hydrogen-bond acceptors (Lipinski definition) is 2. The molecule has 0 saturated heterocycles. The number of ether oxygens (including phenoxy) is 1. The summed E-state index contributed by atoms with van der Waals surface area (Å²) in [4.78, 5) is 0. The third-order valence-corrected chi connectivity index (χ3v) is 2.70. The van der Waals surface area contributed by atoms with Crippen molar-refractivity contribution in [2.45, 2.75) is 12.5 Å². The van der Waals surface area contributed by atoms with Gasteiger partial charge in [-0.15, -0.1) is 13.2 Å². The topological polar surface area (TPSA) is 29.5 Å². The van der Waals surface area contributed by atoms with E-state index in [-0.39, 0.29) is 11.1 Å². The van der Waals surface area contributed by atoms with Crippen LogP contribution in [0.3, 0.4) is 0 Å². The minimum atomic E-state index is -4.95. The molecule has 2 rings (SSSR count). The lowest BCUT2D eigenvalue weighted by Crippen LogP contribution is -2.19. The third-order valence-electron chi connectivity index (χ3n) is 2.70. The van der Waals surface area contributed by atoms with Crippen LogP contribution < -0.4 is 4.74 Å². The second-order valence-electron chi connectivity index (χ2n) is 4.15. The average Bonchev–Trinajstić information content (AvgIpc) is 2.36. The highest BCUT2D eigenvalue weighted by Gasteiger charge is 2.33. The van der Waals surface area contributed by atoms with Crippen LogP contribution in [0.5, 0.6) is 5.75 Å². The average molecular weight is 304 g/mol. The van der Waals surface area contributed by atoms with Crippen LogP contribution in [-0.4, -0.2) is 11.5 Å². The number of para-hydroxylation sites is 1. The Kier molecular flexibility index (Phi) is 4.13. The van der Waals surface area contributed by atoms with E-state index in [1.807, 2.05) is 0 Å². The van der Waals surface area contributed by atoms with Crippen molar-refractivity contribution in [1.29, 1.82) is 0 Å². The molecule has 0 amide bonds. The van der Waals surface area contributed by atoms with Crippen molar-refractivity contribution < 1.29 is 31.8 Å². The fraction of sp³-hybridized carbons (Fsp3) is 0.143. The van der Waals surface area contributed by atoms with Crippen molar-refractivity contribution in [3.8, 4) is 5.75 Å². The molecule has 0 fully saturated rings. The molecule has 0 bridgehead atoms. The van der Waals surface area contributed by atoms with E-state index in [0.29, 0.717) is 6.07 Å². The molecule has 0 saturated carbocycles. The van der Waals surface area contributed by atoms with Gasteiger partial charge in [0.25, 0.3) is 0 Å². The van der Waals surface area contributed by atoms with E-state index in [9.17, 15) is 27.1 Å². The summed E-state index contributed by atoms with van der Waals surface area (Å²) in [6.07, 6.45) is -6.67. The van der Waals surface area contributed by atoms with Crippen molar-refractivity contribution in [1.82, 2.24) is 0 Å². The molecule has 2 nitrogen and oxygen atoms in total. The van der Waals surface area contributed by atoms with Gasteiger partial charge in [0.1, 0.15) is 23.5 Å². The van der Waals surface area contributed by atoms with Gasteiger partial charge in [-0.3, -0.25) is 0 Å². The number of aliphatic hydroxyl groups is 1. The molecule has 0 aromatic heterocycles. The third kappa shape index (κ3) is 3.69. The highest BCUT2D eigenvalue weighted by atomic mass is 19.4. The highest BCUT2D eigenvalue weighted by Crippen LogP contribution is 2.34. The van der Waals surface area contributed by atoms with E-state index in [1.54, 1.807) is 0 Å². The van der Waals surface area contributed by atoms with Crippen LogP contribution in [0.15, 0.2) is 42.5 Å². The number of benzene rings is 2. The fourth-order valence-corrected chi connectivity index (χ4v) is 1.81. The first-order valence-electron chi connectivity index (χ1n) is 5.75. The van der Waals surface area contributed by atoms with Gasteiger partial charge in [-0.05, 0) is 12.1 Å². The van der Waals surface area contributed by atoms with Gasteiger partial charge in [0.2, 0.25) is 0 Å². The first-order valence-corrected chi connectivity index (χ1v) is 5.75. The Morgan fingerprint density at radius 1 is 0.952 bits per heavy atom. The summed E-state index contributed by atoms with van der Waals surface area (Å²) >= 11 is 0. The molecule has 2 aromatic carbocycles. The zero-order valence-corrected chi connectivity index (χ0v) is 10.4. The molecule has 7 heteroatoms. The van der Waals surface area contributed by atoms with E-state index >= 15 is 0 Å². The highest BCUT2D eigenvalue weighted by molar-refractivity contribution is 5.40. The van der Waals surface area contributed by atoms with Crippen molar-refractivity contribution >= 4 is 0 Å². The van der Waals surface area contributed by atoms with Crippen LogP contribution in [0.2, 0.25) is 0 Å². The van der Waals surface area contributed by atoms with Crippen LogP contribution in [0.1, 0.15) is 17.2 Å². The predicted molar refractivity (Wildman–Crippen MR) is 63.5 cm³/mol. The van der Waals surface area contributed by atoms with Crippen LogP contribution in [0.25, 0.3) is 0 Å². The van der Waals surface area contributed by atoms with Gasteiger partial charge in [-0.2, -0.15) is 0 Å². The molecule has 1 N–H and O–H groups in total. The molecule has 2 aromatic rings. The Morgan fingerprint density at radius 2 is 1.62 bits per heavy atom. The van der Waals surface area contributed by atoms with E-state index in [0.717, 1.165) is 24.3 Å². The lowest BCUT2D eigenvalue weighted by molar-refractivity contribution is -0.275. The summed E-state index contributed by atoms with van der Waals surface area (Å²) < 4.78 is 67.1. The molecular formula is C14H9F5O2. The Labute approximate surface area is 116 Å². The monoisotopic (exact) mass is 304 g/mol. The number of rotatable bonds is 3. The van der Waals surface area contributed by atoms with Crippen molar-refractivity contribution in [2.24, 2.45) is 0 Å². The normalized spacial score (nSPS) is 13.0. The number of halogens is 5. The first kappa shape index (κ1) is 15.2. The molecule has 112 valence electrons. The van der Waals surface area contributed by atoms with Crippen LogP contribution in [0.4, 0.5) is 22.0 Å². The summed E-state index contributed by atoms with van der Waals surface area (Å²) in [7, 11) is 0. The second-order valence-corrected chi connectivity index (χ2v) is 4.15. The predicted octanol–water partition coefficient (Wildman–Crippen LogP) is 3.95. The standard InChI is InChI=1S/C14H9F5O2/c15-8-5-6-9(11(16)7-8)13(20)10-3-1-2-4-12(10)21-14(17,18)19/h1-7,13,20H. The maximum Gasteiger partial charge on any atom is 0.573 e. The Balaban J connectivity index is 2.41. The molecule has 0 radical (unpaired) electrons. The smallest absolute Gasteiger partial charge is 0.405 e. The molecule has 0 spiro atoms. The van der Waals surface area contributed by atoms with Gasteiger partial charge in [0, 0.05) is 17.2 Å². The van der Waals surface area contributed by atoms with Crippen LogP contribution in [0, 0.1) is 11.6 Å². The summed E-state index contributed by atoms with van der Waals surface area (Å²) in [5, 5.41) is 10.0. The Hall–Kier alpha value is -2.15. The lowest BCUT2D eigenvalue weighted by atomic mass is 10.00. The van der Waals surface area contributed by atoms with Gasteiger partial charge in [0.15, 0.2) is 0 Å². The summed E-state index contributed by atoms with van der Waals surface area (Å²) in [6, 6.07) is 7.18. The fourth-order valence-electron chi connectivity index (χ4n) is 1.81. The van der Waals surface area contributed by atoms with Gasteiger partial charge in [-0.25, -0.2) is 8.78 Å². The second kappa shape index (κ2) is 5.69. The maximum absolute atomic E-state index is 13.6. The molecule has 0 aliphatic carbocycles. The van der Waals surface area contributed by atoms with Crippen molar-refractivity contribution in [2.75, 3.05) is 0 Å². The van der Waals surface area contributed by atoms with Gasteiger partial charge < -0.3 is 9.84 Å². The molecule has 0 aliphatic heterocycles. The Morgan fingerprint density at radius 3 is 2.24 bits per heavy atom. The van der Waals surface area contributed by atoms with Gasteiger partial charge >= 0.3 is 6.36 Å². The largest absolute Gasteiger partial charge is 0.573 e. The minimum absolute atomic E-state index is 0.277. The number of hydrogen-bond donors (Lipinski definition) is 1. The molecule has 0 aliphatic rings. The summed E-state index contributed by atoms with van der Waals surface area (Å²) in [5.74, 6) is -2.58. The van der Waals surface area contributed by atoms with Crippen molar-refractivity contribution in [3.05, 3.63) is 65.2 Å². The van der Waals surface area contributed by atoms with Gasteiger partial charge in [0.05, 0.1) is 0 Å². The summed E-state index contributed by atoms with van der Waals surface area (Å²) in [6.45, 7) is 0.